The monoisotopic (exact) mass is 290 g/mol. The minimum Gasteiger partial charge on any atom is -0.326 e. The van der Waals surface area contributed by atoms with Crippen molar-refractivity contribution in [2.24, 2.45) is 0 Å². The van der Waals surface area contributed by atoms with E-state index in [0.717, 1.165) is 0 Å². The molecule has 1 heterocycles. The molecular weight excluding hydrogens is 283 g/mol. The predicted molar refractivity (Wildman–Crippen MR) is 56.6 cm³/mol. The van der Waals surface area contributed by atoms with E-state index in [1.54, 1.807) is 6.07 Å². The van der Waals surface area contributed by atoms with Crippen molar-refractivity contribution in [3.05, 3.63) is 21.5 Å². The molecule has 0 radical (unpaired) electrons. The summed E-state index contributed by atoms with van der Waals surface area (Å²) < 4.78 is 0.672. The third kappa shape index (κ3) is 3.10. The molecule has 0 saturated heterocycles. The molecule has 0 unspecified atom stereocenters. The molecule has 0 spiro atoms. The molecule has 0 bridgehead atoms. The summed E-state index contributed by atoms with van der Waals surface area (Å²) in [7, 11) is 0. The second-order valence-electron chi connectivity index (χ2n) is 2.40. The zero-order valence-electron chi connectivity index (χ0n) is 6.87. The Morgan fingerprint density at radius 3 is 2.85 bits per heavy atom. The number of anilines is 1. The molecule has 5 heteroatoms. The van der Waals surface area contributed by atoms with E-state index >= 15 is 0 Å². The minimum absolute atomic E-state index is 0.168. The van der Waals surface area contributed by atoms with Gasteiger partial charge < -0.3 is 5.32 Å². The fourth-order valence-electron chi connectivity index (χ4n) is 0.853. The molecule has 0 aliphatic carbocycles. The molecule has 1 N–H and O–H groups in total. The summed E-state index contributed by atoms with van der Waals surface area (Å²) in [6.45, 7) is 1.41. The highest BCUT2D eigenvalue weighted by Crippen LogP contribution is 2.12. The van der Waals surface area contributed by atoms with Gasteiger partial charge in [-0.1, -0.05) is 0 Å². The van der Waals surface area contributed by atoms with Crippen LogP contribution in [0.15, 0.2) is 12.1 Å². The van der Waals surface area contributed by atoms with Crippen molar-refractivity contribution in [3.8, 4) is 0 Å². The van der Waals surface area contributed by atoms with Crippen LogP contribution in [-0.2, 0) is 4.79 Å². The molecule has 0 saturated carbocycles. The van der Waals surface area contributed by atoms with E-state index in [4.69, 9.17) is 0 Å². The van der Waals surface area contributed by atoms with Gasteiger partial charge >= 0.3 is 0 Å². The summed E-state index contributed by atoms with van der Waals surface area (Å²) >= 11 is 1.98. The Labute approximate surface area is 88.9 Å². The summed E-state index contributed by atoms with van der Waals surface area (Å²) in [6, 6.07) is 3.21. The van der Waals surface area contributed by atoms with Crippen LogP contribution in [0.5, 0.6) is 0 Å². The maximum Gasteiger partial charge on any atom is 0.221 e. The lowest BCUT2D eigenvalue weighted by atomic mass is 10.3. The lowest BCUT2D eigenvalue weighted by molar-refractivity contribution is -0.114. The van der Waals surface area contributed by atoms with Gasteiger partial charge in [-0.15, -0.1) is 0 Å². The van der Waals surface area contributed by atoms with Crippen LogP contribution < -0.4 is 5.32 Å². The average molecular weight is 290 g/mol. The van der Waals surface area contributed by atoms with E-state index in [-0.39, 0.29) is 5.91 Å². The van der Waals surface area contributed by atoms with Gasteiger partial charge in [0.25, 0.3) is 0 Å². The largest absolute Gasteiger partial charge is 0.326 e. The summed E-state index contributed by atoms with van der Waals surface area (Å²) in [5, 5.41) is 2.58. The zero-order chi connectivity index (χ0) is 9.84. The van der Waals surface area contributed by atoms with Gasteiger partial charge in [-0.25, -0.2) is 4.98 Å². The van der Waals surface area contributed by atoms with Gasteiger partial charge in [-0.2, -0.15) is 0 Å². The smallest absolute Gasteiger partial charge is 0.221 e. The Balaban J connectivity index is 3.01. The van der Waals surface area contributed by atoms with Crippen molar-refractivity contribution in [2.45, 2.75) is 6.92 Å². The molecule has 1 rings (SSSR count). The number of hydrogen-bond acceptors (Lipinski definition) is 3. The van der Waals surface area contributed by atoms with Crippen molar-refractivity contribution < 1.29 is 9.59 Å². The first-order valence-electron chi connectivity index (χ1n) is 3.52. The third-order valence-electron chi connectivity index (χ3n) is 1.26. The fourth-order valence-corrected chi connectivity index (χ4v) is 1.47. The number of aldehydes is 1. The summed E-state index contributed by atoms with van der Waals surface area (Å²) in [6.07, 6.45) is 0.646. The van der Waals surface area contributed by atoms with Crippen molar-refractivity contribution in [1.29, 1.82) is 0 Å². The molecule has 1 aromatic heterocycles. The van der Waals surface area contributed by atoms with Gasteiger partial charge in [-0.05, 0) is 34.7 Å². The van der Waals surface area contributed by atoms with Crippen molar-refractivity contribution in [1.82, 2.24) is 4.98 Å². The second-order valence-corrected chi connectivity index (χ2v) is 3.51. The summed E-state index contributed by atoms with van der Waals surface area (Å²) in [4.78, 5) is 25.0. The number of aromatic nitrogens is 1. The van der Waals surface area contributed by atoms with Crippen LogP contribution in [0.3, 0.4) is 0 Å². The van der Waals surface area contributed by atoms with E-state index in [2.05, 4.69) is 10.3 Å². The standard InChI is InChI=1S/C8H7IN2O2/c1-5(13)10-6-2-7(4-12)11-8(9)3-6/h2-4H,1H3,(H,10,11,13). The first kappa shape index (κ1) is 10.1. The summed E-state index contributed by atoms with van der Waals surface area (Å²) in [5.41, 5.74) is 0.907. The Morgan fingerprint density at radius 1 is 1.62 bits per heavy atom. The number of rotatable bonds is 2. The highest BCUT2D eigenvalue weighted by atomic mass is 127. The Kier molecular flexibility index (Phi) is 3.35. The van der Waals surface area contributed by atoms with Gasteiger partial charge in [0.15, 0.2) is 6.29 Å². The third-order valence-corrected chi connectivity index (χ3v) is 1.81. The van der Waals surface area contributed by atoms with Crippen LogP contribution in [0.1, 0.15) is 17.4 Å². The Morgan fingerprint density at radius 2 is 2.31 bits per heavy atom. The lowest BCUT2D eigenvalue weighted by Gasteiger charge is -2.02. The molecule has 13 heavy (non-hydrogen) atoms. The molecule has 0 aliphatic heterocycles. The van der Waals surface area contributed by atoms with Gasteiger partial charge in [0.05, 0.1) is 0 Å². The number of hydrogen-bond donors (Lipinski definition) is 1. The SMILES string of the molecule is CC(=O)Nc1cc(I)nc(C=O)c1. The number of nitrogens with one attached hydrogen (secondary N) is 1. The number of carbonyl (C=O) groups excluding carboxylic acids is 2. The predicted octanol–water partition coefficient (Wildman–Crippen LogP) is 1.46. The summed E-state index contributed by atoms with van der Waals surface area (Å²) in [5.74, 6) is -0.168. The van der Waals surface area contributed by atoms with Crippen molar-refractivity contribution in [3.63, 3.8) is 0 Å². The van der Waals surface area contributed by atoms with Crippen LogP contribution >= 0.6 is 22.6 Å². The number of amides is 1. The normalized spacial score (nSPS) is 9.38. The molecule has 1 amide bonds. The van der Waals surface area contributed by atoms with E-state index in [1.807, 2.05) is 22.6 Å². The van der Waals surface area contributed by atoms with Gasteiger partial charge in [-0.3, -0.25) is 9.59 Å². The maximum absolute atomic E-state index is 10.7. The Hall–Kier alpha value is -0.980. The van der Waals surface area contributed by atoms with Crippen molar-refractivity contribution in [2.75, 3.05) is 5.32 Å². The van der Waals surface area contributed by atoms with Crippen LogP contribution in [0.25, 0.3) is 0 Å². The number of nitrogens with zero attached hydrogens (tertiary/aromatic N) is 1. The Bertz CT molecular complexity index is 352. The second kappa shape index (κ2) is 4.31. The molecule has 4 nitrogen and oxygen atoms in total. The molecule has 0 atom stereocenters. The van der Waals surface area contributed by atoms with Gasteiger partial charge in [0, 0.05) is 12.6 Å². The molecule has 1 aromatic rings. The highest BCUT2D eigenvalue weighted by Gasteiger charge is 2.00. The van der Waals surface area contributed by atoms with Crippen LogP contribution in [-0.4, -0.2) is 17.2 Å². The van der Waals surface area contributed by atoms with E-state index < -0.39 is 0 Å². The lowest BCUT2D eigenvalue weighted by Crippen LogP contribution is -2.07. The fraction of sp³-hybridized carbons (Fsp3) is 0.125. The number of carbonyl (C=O) groups is 2. The quantitative estimate of drug-likeness (QED) is 0.509. The topological polar surface area (TPSA) is 59.1 Å². The number of pyridine rings is 1. The minimum atomic E-state index is -0.168. The van der Waals surface area contributed by atoms with Crippen LogP contribution in [0, 0.1) is 3.70 Å². The van der Waals surface area contributed by atoms with Crippen LogP contribution in [0.2, 0.25) is 0 Å². The molecular formula is C8H7IN2O2. The van der Waals surface area contributed by atoms with Crippen LogP contribution in [0.4, 0.5) is 5.69 Å². The van der Waals surface area contributed by atoms with Crippen molar-refractivity contribution >= 4 is 40.5 Å². The van der Waals surface area contributed by atoms with E-state index in [1.165, 1.54) is 13.0 Å². The highest BCUT2D eigenvalue weighted by molar-refractivity contribution is 14.1. The average Bonchev–Trinajstić information content (AvgIpc) is 2.01. The van der Waals surface area contributed by atoms with E-state index in [9.17, 15) is 9.59 Å². The molecule has 0 fully saturated rings. The zero-order valence-corrected chi connectivity index (χ0v) is 9.03. The first-order chi connectivity index (χ1) is 6.11. The maximum atomic E-state index is 10.7. The van der Waals surface area contributed by atoms with E-state index in [0.29, 0.717) is 21.4 Å². The first-order valence-corrected chi connectivity index (χ1v) is 4.60. The number of halogens is 1. The molecule has 0 aromatic carbocycles. The van der Waals surface area contributed by atoms with Gasteiger partial charge in [0.2, 0.25) is 5.91 Å². The molecule has 0 aliphatic rings. The van der Waals surface area contributed by atoms with Gasteiger partial charge in [0.1, 0.15) is 9.39 Å². The molecule has 68 valence electrons.